The quantitative estimate of drug-likeness (QED) is 0.823. The number of rotatable bonds is 2. The molecule has 1 aromatic rings. The van der Waals surface area contributed by atoms with E-state index in [-0.39, 0.29) is 18.0 Å². The van der Waals surface area contributed by atoms with Gasteiger partial charge in [0.2, 0.25) is 0 Å². The fourth-order valence-electron chi connectivity index (χ4n) is 2.46. The topological polar surface area (TPSA) is 67.6 Å². The molecule has 0 aliphatic carbocycles. The maximum absolute atomic E-state index is 13.8. The van der Waals surface area contributed by atoms with Crippen molar-refractivity contribution >= 4 is 17.5 Å². The van der Waals surface area contributed by atoms with Gasteiger partial charge in [-0.05, 0) is 51.8 Å². The van der Waals surface area contributed by atoms with E-state index in [2.05, 4.69) is 5.32 Å². The van der Waals surface area contributed by atoms with Gasteiger partial charge in [-0.1, -0.05) is 0 Å². The van der Waals surface area contributed by atoms with E-state index in [1.807, 2.05) is 20.8 Å². The van der Waals surface area contributed by atoms with Gasteiger partial charge in [-0.3, -0.25) is 0 Å². The fraction of sp³-hybridized carbons (Fsp3) is 0.562. The monoisotopic (exact) mass is 309 g/mol. The lowest BCUT2D eigenvalue weighted by Gasteiger charge is -2.34. The van der Waals surface area contributed by atoms with Crippen LogP contribution in [0.1, 0.15) is 33.6 Å². The highest BCUT2D eigenvalue weighted by atomic mass is 19.1. The van der Waals surface area contributed by atoms with Crippen molar-refractivity contribution < 1.29 is 13.9 Å². The Morgan fingerprint density at radius 3 is 2.82 bits per heavy atom. The van der Waals surface area contributed by atoms with Gasteiger partial charge in [-0.15, -0.1) is 0 Å². The van der Waals surface area contributed by atoms with Gasteiger partial charge in [0, 0.05) is 24.8 Å². The van der Waals surface area contributed by atoms with Gasteiger partial charge in [-0.25, -0.2) is 9.18 Å². The molecule has 0 aromatic heterocycles. The summed E-state index contributed by atoms with van der Waals surface area (Å²) in [5.41, 5.74) is 5.83. The molecule has 22 heavy (non-hydrogen) atoms. The van der Waals surface area contributed by atoms with Gasteiger partial charge >= 0.3 is 6.09 Å². The lowest BCUT2D eigenvalue weighted by molar-refractivity contribution is 0.0206. The van der Waals surface area contributed by atoms with Crippen LogP contribution in [0.3, 0.4) is 0 Å². The molecule has 1 aliphatic heterocycles. The Morgan fingerprint density at radius 1 is 1.45 bits per heavy atom. The van der Waals surface area contributed by atoms with Gasteiger partial charge < -0.3 is 20.7 Å². The number of benzene rings is 1. The van der Waals surface area contributed by atoms with Crippen LogP contribution in [0, 0.1) is 5.82 Å². The van der Waals surface area contributed by atoms with E-state index >= 15 is 0 Å². The Morgan fingerprint density at radius 2 is 2.18 bits per heavy atom. The van der Waals surface area contributed by atoms with Crippen LogP contribution in [0.4, 0.5) is 20.6 Å². The molecule has 0 spiro atoms. The van der Waals surface area contributed by atoms with Crippen LogP contribution < -0.4 is 11.1 Å². The minimum Gasteiger partial charge on any atom is -0.444 e. The van der Waals surface area contributed by atoms with Gasteiger partial charge in [0.15, 0.2) is 0 Å². The van der Waals surface area contributed by atoms with Gasteiger partial charge in [0.1, 0.15) is 11.4 Å². The summed E-state index contributed by atoms with van der Waals surface area (Å²) in [7, 11) is 0. The molecule has 5 nitrogen and oxygen atoms in total. The first kappa shape index (κ1) is 16.4. The van der Waals surface area contributed by atoms with Crippen LogP contribution in [-0.2, 0) is 4.74 Å². The predicted molar refractivity (Wildman–Crippen MR) is 85.3 cm³/mol. The maximum atomic E-state index is 13.8. The average molecular weight is 309 g/mol. The van der Waals surface area contributed by atoms with Crippen molar-refractivity contribution in [3.05, 3.63) is 24.0 Å². The first-order valence-corrected chi connectivity index (χ1v) is 7.54. The van der Waals surface area contributed by atoms with Crippen molar-refractivity contribution in [2.45, 2.75) is 45.3 Å². The van der Waals surface area contributed by atoms with Crippen LogP contribution >= 0.6 is 0 Å². The Bertz CT molecular complexity index is 543. The van der Waals surface area contributed by atoms with E-state index < -0.39 is 5.60 Å². The molecule has 2 rings (SSSR count). The summed E-state index contributed by atoms with van der Waals surface area (Å²) in [6.07, 6.45) is 1.41. The van der Waals surface area contributed by atoms with Crippen molar-refractivity contribution in [2.75, 3.05) is 24.1 Å². The van der Waals surface area contributed by atoms with Crippen molar-refractivity contribution in [1.82, 2.24) is 4.90 Å². The summed E-state index contributed by atoms with van der Waals surface area (Å²) in [5, 5.41) is 3.14. The molecule has 122 valence electrons. The maximum Gasteiger partial charge on any atom is 0.410 e. The Balaban J connectivity index is 1.97. The van der Waals surface area contributed by atoms with E-state index in [9.17, 15) is 9.18 Å². The second kappa shape index (κ2) is 6.42. The molecule has 3 N–H and O–H groups in total. The molecule has 1 saturated heterocycles. The molecular weight excluding hydrogens is 285 g/mol. The highest BCUT2D eigenvalue weighted by Crippen LogP contribution is 2.22. The smallest absolute Gasteiger partial charge is 0.410 e. The van der Waals surface area contributed by atoms with Crippen molar-refractivity contribution in [1.29, 1.82) is 0 Å². The summed E-state index contributed by atoms with van der Waals surface area (Å²) in [6, 6.07) is 4.56. The molecular formula is C16H24FN3O2. The van der Waals surface area contributed by atoms with E-state index in [0.717, 1.165) is 12.8 Å². The Kier molecular flexibility index (Phi) is 4.78. The van der Waals surface area contributed by atoms with E-state index in [0.29, 0.717) is 24.5 Å². The molecule has 0 bridgehead atoms. The first-order valence-electron chi connectivity index (χ1n) is 7.54. The number of hydrogen-bond acceptors (Lipinski definition) is 4. The number of nitrogens with two attached hydrogens (primary N) is 1. The number of hydrogen-bond donors (Lipinski definition) is 2. The summed E-state index contributed by atoms with van der Waals surface area (Å²) >= 11 is 0. The normalized spacial score (nSPS) is 18.9. The van der Waals surface area contributed by atoms with Crippen LogP contribution in [0.25, 0.3) is 0 Å². The predicted octanol–water partition coefficient (Wildman–Crippen LogP) is 3.22. The van der Waals surface area contributed by atoms with Gasteiger partial charge in [0.05, 0.1) is 5.69 Å². The number of nitrogen functional groups attached to an aromatic ring is 1. The van der Waals surface area contributed by atoms with Crippen LogP contribution in [0.5, 0.6) is 0 Å². The fourth-order valence-corrected chi connectivity index (χ4v) is 2.46. The first-order chi connectivity index (χ1) is 10.2. The molecule has 1 heterocycles. The number of piperidine rings is 1. The molecule has 1 aromatic carbocycles. The molecule has 1 amide bonds. The third kappa shape index (κ3) is 4.51. The largest absolute Gasteiger partial charge is 0.444 e. The number of carbonyl (C=O) groups excluding carboxylic acids is 1. The average Bonchev–Trinajstić information content (AvgIpc) is 2.40. The van der Waals surface area contributed by atoms with Crippen molar-refractivity contribution in [3.8, 4) is 0 Å². The number of nitrogens with zero attached hydrogens (tertiary/aromatic N) is 1. The molecule has 1 fully saturated rings. The molecule has 6 heteroatoms. The summed E-state index contributed by atoms with van der Waals surface area (Å²) < 4.78 is 19.2. The number of carbonyl (C=O) groups is 1. The number of nitrogens with one attached hydrogen (secondary N) is 1. The van der Waals surface area contributed by atoms with E-state index in [4.69, 9.17) is 10.5 Å². The lowest BCUT2D eigenvalue weighted by atomic mass is 10.1. The van der Waals surface area contributed by atoms with Crippen LogP contribution in [0.15, 0.2) is 18.2 Å². The number of halogens is 1. The minimum atomic E-state index is -0.513. The third-order valence-electron chi connectivity index (χ3n) is 3.43. The summed E-state index contributed by atoms with van der Waals surface area (Å²) in [4.78, 5) is 13.8. The zero-order valence-corrected chi connectivity index (χ0v) is 13.4. The molecule has 0 saturated carbocycles. The second-order valence-electron chi connectivity index (χ2n) is 6.65. The van der Waals surface area contributed by atoms with Gasteiger partial charge in [0.25, 0.3) is 0 Å². The standard InChI is InChI=1S/C16H24FN3O2/c1-16(2,3)22-15(21)20-8-4-5-12(10-20)19-14-7-6-11(18)9-13(14)17/h6-7,9,12,19H,4-5,8,10,18H2,1-3H3/t12-/m1/s1. The van der Waals surface area contributed by atoms with Crippen LogP contribution in [-0.4, -0.2) is 35.7 Å². The molecule has 0 radical (unpaired) electrons. The molecule has 1 aliphatic rings. The number of anilines is 2. The number of amides is 1. The van der Waals surface area contributed by atoms with Crippen molar-refractivity contribution in [2.24, 2.45) is 0 Å². The zero-order valence-electron chi connectivity index (χ0n) is 13.4. The van der Waals surface area contributed by atoms with Crippen LogP contribution in [0.2, 0.25) is 0 Å². The number of likely N-dealkylation sites (tertiary alicyclic amines) is 1. The third-order valence-corrected chi connectivity index (χ3v) is 3.43. The SMILES string of the molecule is CC(C)(C)OC(=O)N1CCC[C@@H](Nc2ccc(N)cc2F)C1. The Hall–Kier alpha value is -1.98. The number of ether oxygens (including phenoxy) is 1. The van der Waals surface area contributed by atoms with Gasteiger partial charge in [-0.2, -0.15) is 0 Å². The highest BCUT2D eigenvalue weighted by molar-refractivity contribution is 5.68. The summed E-state index contributed by atoms with van der Waals surface area (Å²) in [5.74, 6) is -0.380. The second-order valence-corrected chi connectivity index (χ2v) is 6.65. The van der Waals surface area contributed by atoms with E-state index in [1.54, 1.807) is 17.0 Å². The lowest BCUT2D eigenvalue weighted by Crippen LogP contribution is -2.47. The highest BCUT2D eigenvalue weighted by Gasteiger charge is 2.27. The molecule has 1 atom stereocenters. The van der Waals surface area contributed by atoms with E-state index in [1.165, 1.54) is 6.07 Å². The molecule has 0 unspecified atom stereocenters. The minimum absolute atomic E-state index is 0.000562. The summed E-state index contributed by atoms with van der Waals surface area (Å²) in [6.45, 7) is 6.69. The zero-order chi connectivity index (χ0) is 16.3. The Labute approximate surface area is 130 Å². The van der Waals surface area contributed by atoms with Crippen molar-refractivity contribution in [3.63, 3.8) is 0 Å².